The average molecular weight is 273 g/mol. The van der Waals surface area contributed by atoms with Crippen LogP contribution in [0.25, 0.3) is 22.4 Å². The monoisotopic (exact) mass is 273 g/mol. The van der Waals surface area contributed by atoms with Crippen molar-refractivity contribution in [3.8, 4) is 11.4 Å². The predicted octanol–water partition coefficient (Wildman–Crippen LogP) is 2.64. The molecular weight excluding hydrogens is 261 g/mol. The van der Waals surface area contributed by atoms with Gasteiger partial charge >= 0.3 is 0 Å². The second kappa shape index (κ2) is 4.14. The Bertz CT molecular complexity index is 758. The van der Waals surface area contributed by atoms with Crippen molar-refractivity contribution in [3.05, 3.63) is 36.4 Å². The average Bonchev–Trinajstić information content (AvgIpc) is 3.16. The van der Waals surface area contributed by atoms with Crippen molar-refractivity contribution in [2.45, 2.75) is 12.1 Å². The van der Waals surface area contributed by atoms with E-state index in [2.05, 4.69) is 15.5 Å². The van der Waals surface area contributed by atoms with Crippen molar-refractivity contribution in [1.29, 1.82) is 0 Å². The van der Waals surface area contributed by atoms with Crippen molar-refractivity contribution >= 4 is 11.0 Å². The SMILES string of the molecule is FC1(c2nc(-c3coc4ccccc34)no2)CCNC1. The highest BCUT2D eigenvalue weighted by Gasteiger charge is 2.41. The number of aromatic nitrogens is 2. The molecule has 1 aliphatic rings. The molecule has 0 bridgehead atoms. The number of furan rings is 1. The number of benzene rings is 1. The van der Waals surface area contributed by atoms with E-state index in [9.17, 15) is 4.39 Å². The number of alkyl halides is 1. The molecule has 3 aromatic rings. The highest BCUT2D eigenvalue weighted by Crippen LogP contribution is 2.34. The largest absolute Gasteiger partial charge is 0.464 e. The van der Waals surface area contributed by atoms with E-state index in [1.807, 2.05) is 24.3 Å². The molecule has 1 saturated heterocycles. The maximum absolute atomic E-state index is 14.5. The van der Waals surface area contributed by atoms with Gasteiger partial charge in [-0.2, -0.15) is 4.98 Å². The maximum Gasteiger partial charge on any atom is 0.266 e. The van der Waals surface area contributed by atoms with Crippen LogP contribution in [-0.2, 0) is 5.67 Å². The number of hydrogen-bond donors (Lipinski definition) is 1. The van der Waals surface area contributed by atoms with Crippen molar-refractivity contribution in [2.75, 3.05) is 13.1 Å². The van der Waals surface area contributed by atoms with Crippen LogP contribution in [0, 0.1) is 0 Å². The quantitative estimate of drug-likeness (QED) is 0.777. The van der Waals surface area contributed by atoms with Gasteiger partial charge in [0.15, 0.2) is 0 Å². The Kier molecular flexibility index (Phi) is 2.40. The molecule has 0 radical (unpaired) electrons. The third kappa shape index (κ3) is 1.65. The van der Waals surface area contributed by atoms with E-state index in [1.54, 1.807) is 6.26 Å². The summed E-state index contributed by atoms with van der Waals surface area (Å²) < 4.78 is 25.1. The fourth-order valence-corrected chi connectivity index (χ4v) is 2.51. The molecule has 5 nitrogen and oxygen atoms in total. The summed E-state index contributed by atoms with van der Waals surface area (Å²) in [6, 6.07) is 7.56. The van der Waals surface area contributed by atoms with Crippen LogP contribution < -0.4 is 5.32 Å². The molecule has 1 aromatic carbocycles. The lowest BCUT2D eigenvalue weighted by Gasteiger charge is -2.10. The number of nitrogens with one attached hydrogen (secondary N) is 1. The zero-order valence-electron chi connectivity index (χ0n) is 10.6. The van der Waals surface area contributed by atoms with Gasteiger partial charge in [-0.15, -0.1) is 0 Å². The van der Waals surface area contributed by atoms with Crippen LogP contribution in [-0.4, -0.2) is 23.2 Å². The molecule has 2 aromatic heterocycles. The Hall–Kier alpha value is -2.21. The van der Waals surface area contributed by atoms with Crippen molar-refractivity contribution in [3.63, 3.8) is 0 Å². The number of fused-ring (bicyclic) bond motifs is 1. The molecule has 0 amide bonds. The van der Waals surface area contributed by atoms with Crippen molar-refractivity contribution in [2.24, 2.45) is 0 Å². The molecule has 1 unspecified atom stereocenters. The molecule has 0 saturated carbocycles. The van der Waals surface area contributed by atoms with Crippen LogP contribution in [0.4, 0.5) is 4.39 Å². The normalized spacial score (nSPS) is 22.6. The maximum atomic E-state index is 14.5. The zero-order valence-corrected chi connectivity index (χ0v) is 10.6. The van der Waals surface area contributed by atoms with Gasteiger partial charge in [-0.25, -0.2) is 4.39 Å². The van der Waals surface area contributed by atoms with Crippen molar-refractivity contribution in [1.82, 2.24) is 15.5 Å². The van der Waals surface area contributed by atoms with E-state index < -0.39 is 5.67 Å². The summed E-state index contributed by atoms with van der Waals surface area (Å²) >= 11 is 0. The summed E-state index contributed by atoms with van der Waals surface area (Å²) in [5.74, 6) is 0.386. The van der Waals surface area contributed by atoms with Gasteiger partial charge in [-0.05, 0) is 12.6 Å². The second-order valence-electron chi connectivity index (χ2n) is 4.96. The minimum Gasteiger partial charge on any atom is -0.464 e. The topological polar surface area (TPSA) is 64.1 Å². The van der Waals surface area contributed by atoms with Crippen molar-refractivity contribution < 1.29 is 13.3 Å². The van der Waals surface area contributed by atoms with Gasteiger partial charge in [0.25, 0.3) is 5.89 Å². The molecule has 6 heteroatoms. The van der Waals surface area contributed by atoms with Gasteiger partial charge in [0.2, 0.25) is 11.5 Å². The summed E-state index contributed by atoms with van der Waals surface area (Å²) in [4.78, 5) is 4.20. The minimum atomic E-state index is -1.56. The summed E-state index contributed by atoms with van der Waals surface area (Å²) in [7, 11) is 0. The first kappa shape index (κ1) is 11.6. The second-order valence-corrected chi connectivity index (χ2v) is 4.96. The first-order valence-electron chi connectivity index (χ1n) is 6.47. The third-order valence-electron chi connectivity index (χ3n) is 3.63. The smallest absolute Gasteiger partial charge is 0.266 e. The van der Waals surface area contributed by atoms with E-state index in [4.69, 9.17) is 8.94 Å². The van der Waals surface area contributed by atoms with Crippen LogP contribution in [0.2, 0.25) is 0 Å². The van der Waals surface area contributed by atoms with Crippen LogP contribution >= 0.6 is 0 Å². The summed E-state index contributed by atoms with van der Waals surface area (Å²) in [6.07, 6.45) is 1.91. The predicted molar refractivity (Wildman–Crippen MR) is 69.8 cm³/mol. The van der Waals surface area contributed by atoms with E-state index >= 15 is 0 Å². The fraction of sp³-hybridized carbons (Fsp3) is 0.286. The highest BCUT2D eigenvalue weighted by molar-refractivity contribution is 5.91. The molecule has 1 atom stereocenters. The van der Waals surface area contributed by atoms with Crippen LogP contribution in [0.5, 0.6) is 0 Å². The van der Waals surface area contributed by atoms with Gasteiger partial charge in [-0.1, -0.05) is 23.4 Å². The van der Waals surface area contributed by atoms with Crippen LogP contribution in [0.15, 0.2) is 39.5 Å². The number of para-hydroxylation sites is 1. The van der Waals surface area contributed by atoms with E-state index in [0.29, 0.717) is 24.4 Å². The zero-order chi connectivity index (χ0) is 13.6. The molecule has 1 aliphatic heterocycles. The molecule has 1 fully saturated rings. The van der Waals surface area contributed by atoms with Gasteiger partial charge < -0.3 is 14.3 Å². The fourth-order valence-electron chi connectivity index (χ4n) is 2.51. The summed E-state index contributed by atoms with van der Waals surface area (Å²) in [6.45, 7) is 0.823. The number of nitrogens with zero attached hydrogens (tertiary/aromatic N) is 2. The Balaban J connectivity index is 1.78. The molecule has 4 rings (SSSR count). The lowest BCUT2D eigenvalue weighted by atomic mass is 10.1. The van der Waals surface area contributed by atoms with E-state index in [0.717, 1.165) is 11.0 Å². The Morgan fingerprint density at radius 1 is 1.30 bits per heavy atom. The van der Waals surface area contributed by atoms with Gasteiger partial charge in [0.05, 0.1) is 5.56 Å². The molecule has 3 heterocycles. The first-order chi connectivity index (χ1) is 9.76. The Labute approximate surface area is 113 Å². The summed E-state index contributed by atoms with van der Waals surface area (Å²) in [5.41, 5.74) is -0.110. The van der Waals surface area contributed by atoms with Crippen LogP contribution in [0.1, 0.15) is 12.3 Å². The molecular formula is C14H12FN3O2. The molecule has 102 valence electrons. The van der Waals surface area contributed by atoms with Gasteiger partial charge in [0, 0.05) is 18.4 Å². The summed E-state index contributed by atoms with van der Waals surface area (Å²) in [5, 5.41) is 7.73. The minimum absolute atomic E-state index is 0.0304. The lowest BCUT2D eigenvalue weighted by Crippen LogP contribution is -2.23. The Morgan fingerprint density at radius 2 is 2.20 bits per heavy atom. The number of hydrogen-bond acceptors (Lipinski definition) is 5. The van der Waals surface area contributed by atoms with Gasteiger partial charge in [-0.3, -0.25) is 0 Å². The number of rotatable bonds is 2. The molecule has 0 spiro atoms. The van der Waals surface area contributed by atoms with E-state index in [-0.39, 0.29) is 12.4 Å². The third-order valence-corrected chi connectivity index (χ3v) is 3.63. The molecule has 20 heavy (non-hydrogen) atoms. The van der Waals surface area contributed by atoms with Crippen LogP contribution in [0.3, 0.4) is 0 Å². The standard InChI is InChI=1S/C14H12FN3O2/c15-14(5-6-16-8-14)13-17-12(18-20-13)10-7-19-11-4-2-1-3-9(10)11/h1-4,7,16H,5-6,8H2. The van der Waals surface area contributed by atoms with Gasteiger partial charge in [0.1, 0.15) is 11.8 Å². The molecule has 0 aliphatic carbocycles. The lowest BCUT2D eigenvalue weighted by molar-refractivity contribution is 0.134. The number of halogens is 1. The highest BCUT2D eigenvalue weighted by atomic mass is 19.1. The first-order valence-corrected chi connectivity index (χ1v) is 6.47. The van der Waals surface area contributed by atoms with E-state index in [1.165, 1.54) is 0 Å². The Morgan fingerprint density at radius 3 is 3.05 bits per heavy atom. The molecule has 1 N–H and O–H groups in total.